The molecule has 218 valence electrons. The van der Waals surface area contributed by atoms with Crippen LogP contribution in [0.4, 0.5) is 4.79 Å². The molecule has 0 saturated carbocycles. The molecule has 0 heterocycles. The van der Waals surface area contributed by atoms with E-state index < -0.39 is 23.8 Å². The van der Waals surface area contributed by atoms with Crippen molar-refractivity contribution < 1.29 is 19.1 Å². The second-order valence-electron chi connectivity index (χ2n) is 11.8. The summed E-state index contributed by atoms with van der Waals surface area (Å²) in [5.41, 5.74) is 0.456. The molecule has 7 nitrogen and oxygen atoms in total. The van der Waals surface area contributed by atoms with Gasteiger partial charge in [-0.15, -0.1) is 6.42 Å². The monoisotopic (exact) mass is 541 g/mol. The highest BCUT2D eigenvalue weighted by atomic mass is 16.6. The summed E-state index contributed by atoms with van der Waals surface area (Å²) in [7, 11) is 0. The van der Waals surface area contributed by atoms with Gasteiger partial charge in [0.1, 0.15) is 17.7 Å². The van der Waals surface area contributed by atoms with E-state index in [2.05, 4.69) is 30.4 Å². The SMILES string of the molecule is C#Cc1ccccc1C(C(=O)NC(C)CCC)N(CCCCCC)C(=O)C(CC(C)C)NC(=O)OC(C)(C)C. The fourth-order valence-electron chi connectivity index (χ4n) is 4.56. The third-order valence-corrected chi connectivity index (χ3v) is 6.31. The van der Waals surface area contributed by atoms with E-state index in [1.807, 2.05) is 39.0 Å². The van der Waals surface area contributed by atoms with Gasteiger partial charge in [-0.25, -0.2) is 4.79 Å². The van der Waals surface area contributed by atoms with Gasteiger partial charge < -0.3 is 20.3 Å². The van der Waals surface area contributed by atoms with Crippen molar-refractivity contribution >= 4 is 17.9 Å². The summed E-state index contributed by atoms with van der Waals surface area (Å²) in [6.45, 7) is 15.8. The largest absolute Gasteiger partial charge is 0.444 e. The van der Waals surface area contributed by atoms with E-state index in [0.29, 0.717) is 24.1 Å². The molecule has 1 aromatic carbocycles. The number of ether oxygens (including phenoxy) is 1. The van der Waals surface area contributed by atoms with Gasteiger partial charge in [0, 0.05) is 18.2 Å². The summed E-state index contributed by atoms with van der Waals surface area (Å²) in [6, 6.07) is 5.41. The first-order chi connectivity index (χ1) is 18.3. The Morgan fingerprint density at radius 3 is 2.23 bits per heavy atom. The lowest BCUT2D eigenvalue weighted by Gasteiger charge is -2.36. The zero-order valence-corrected chi connectivity index (χ0v) is 25.4. The third kappa shape index (κ3) is 12.1. The lowest BCUT2D eigenvalue weighted by molar-refractivity contribution is -0.143. The summed E-state index contributed by atoms with van der Waals surface area (Å²) in [5, 5.41) is 5.90. The Balaban J connectivity index is 3.59. The Morgan fingerprint density at radius 2 is 1.67 bits per heavy atom. The van der Waals surface area contributed by atoms with Crippen LogP contribution in [-0.2, 0) is 14.3 Å². The number of hydrogen-bond acceptors (Lipinski definition) is 4. The van der Waals surface area contributed by atoms with Crippen molar-refractivity contribution in [1.29, 1.82) is 0 Å². The van der Waals surface area contributed by atoms with Gasteiger partial charge in [-0.2, -0.15) is 0 Å². The number of alkyl carbamates (subject to hydrolysis) is 1. The number of benzene rings is 1. The highest BCUT2D eigenvalue weighted by Crippen LogP contribution is 2.27. The lowest BCUT2D eigenvalue weighted by Crippen LogP contribution is -2.54. The molecule has 1 aromatic rings. The minimum Gasteiger partial charge on any atom is -0.444 e. The molecule has 0 spiro atoms. The zero-order chi connectivity index (χ0) is 29.6. The molecule has 0 saturated heterocycles. The molecule has 0 radical (unpaired) electrons. The molecule has 0 bridgehead atoms. The van der Waals surface area contributed by atoms with Crippen LogP contribution in [0.2, 0.25) is 0 Å². The van der Waals surface area contributed by atoms with Crippen LogP contribution in [0, 0.1) is 18.3 Å². The fourth-order valence-corrected chi connectivity index (χ4v) is 4.56. The minimum absolute atomic E-state index is 0.0635. The molecular weight excluding hydrogens is 490 g/mol. The maximum Gasteiger partial charge on any atom is 0.408 e. The molecule has 39 heavy (non-hydrogen) atoms. The normalized spacial score (nSPS) is 13.6. The highest BCUT2D eigenvalue weighted by Gasteiger charge is 2.37. The van der Waals surface area contributed by atoms with Crippen molar-refractivity contribution in [2.75, 3.05) is 6.54 Å². The molecule has 2 N–H and O–H groups in total. The predicted molar refractivity (Wildman–Crippen MR) is 158 cm³/mol. The van der Waals surface area contributed by atoms with Gasteiger partial charge in [0.15, 0.2) is 0 Å². The van der Waals surface area contributed by atoms with Gasteiger partial charge in [0.25, 0.3) is 0 Å². The second-order valence-corrected chi connectivity index (χ2v) is 11.8. The molecule has 0 aliphatic heterocycles. The summed E-state index contributed by atoms with van der Waals surface area (Å²) in [6.07, 6.45) is 11.0. The number of hydrogen-bond donors (Lipinski definition) is 2. The standard InChI is InChI=1S/C32H51N3O4/c1-10-13-14-17-21-35(30(37)27(22-23(4)5)34-31(38)39-32(7,8)9)28(29(36)33-24(6)18-11-2)26-20-16-15-19-25(26)12-3/h3,15-16,19-20,23-24,27-28H,10-11,13-14,17-18,21-22H2,1-2,4-9H3,(H,33,36)(H,34,38). The quantitative estimate of drug-likeness (QED) is 0.200. The van der Waals surface area contributed by atoms with E-state index in [1.165, 1.54) is 0 Å². The second kappa shape index (κ2) is 16.8. The lowest BCUT2D eigenvalue weighted by atomic mass is 9.95. The van der Waals surface area contributed by atoms with Crippen LogP contribution >= 0.6 is 0 Å². The van der Waals surface area contributed by atoms with Crippen LogP contribution in [0.5, 0.6) is 0 Å². The van der Waals surface area contributed by atoms with Crippen LogP contribution in [0.3, 0.4) is 0 Å². The number of rotatable bonds is 15. The summed E-state index contributed by atoms with van der Waals surface area (Å²) in [5.74, 6) is 2.21. The van der Waals surface area contributed by atoms with Crippen LogP contribution in [0.25, 0.3) is 0 Å². The van der Waals surface area contributed by atoms with Crippen molar-refractivity contribution in [2.24, 2.45) is 5.92 Å². The molecule has 7 heteroatoms. The topological polar surface area (TPSA) is 87.7 Å². The maximum absolute atomic E-state index is 14.3. The maximum atomic E-state index is 14.3. The first kappa shape index (κ1) is 34.0. The average Bonchev–Trinajstić information content (AvgIpc) is 2.83. The highest BCUT2D eigenvalue weighted by molar-refractivity contribution is 5.92. The molecule has 0 fully saturated rings. The number of nitrogens with one attached hydrogen (secondary N) is 2. The Hall–Kier alpha value is -3.01. The molecular formula is C32H51N3O4. The van der Waals surface area contributed by atoms with E-state index in [0.717, 1.165) is 38.5 Å². The van der Waals surface area contributed by atoms with E-state index in [4.69, 9.17) is 11.2 Å². The first-order valence-electron chi connectivity index (χ1n) is 14.5. The van der Waals surface area contributed by atoms with Gasteiger partial charge in [-0.3, -0.25) is 9.59 Å². The first-order valence-corrected chi connectivity index (χ1v) is 14.5. The third-order valence-electron chi connectivity index (χ3n) is 6.31. The molecule has 0 aliphatic carbocycles. The number of amides is 3. The van der Waals surface area contributed by atoms with Gasteiger partial charge in [-0.05, 0) is 64.5 Å². The Bertz CT molecular complexity index is 961. The van der Waals surface area contributed by atoms with E-state index in [-0.39, 0.29) is 23.8 Å². The van der Waals surface area contributed by atoms with Crippen molar-refractivity contribution in [1.82, 2.24) is 15.5 Å². The van der Waals surface area contributed by atoms with Gasteiger partial charge in [-0.1, -0.05) is 77.5 Å². The van der Waals surface area contributed by atoms with E-state index in [1.54, 1.807) is 31.7 Å². The number of carbonyl (C=O) groups excluding carboxylic acids is 3. The average molecular weight is 542 g/mol. The molecule has 0 aliphatic rings. The molecule has 3 amide bonds. The number of terminal acetylenes is 1. The van der Waals surface area contributed by atoms with Gasteiger partial charge in [0.2, 0.25) is 11.8 Å². The summed E-state index contributed by atoms with van der Waals surface area (Å²) in [4.78, 5) is 42.6. The fraction of sp³-hybridized carbons (Fsp3) is 0.656. The Labute approximate surface area is 236 Å². The predicted octanol–water partition coefficient (Wildman–Crippen LogP) is 6.36. The number of unbranched alkanes of at least 4 members (excludes halogenated alkanes) is 3. The molecule has 0 aromatic heterocycles. The van der Waals surface area contributed by atoms with Crippen molar-refractivity contribution in [3.63, 3.8) is 0 Å². The van der Waals surface area contributed by atoms with Crippen LogP contribution in [-0.4, -0.2) is 47.0 Å². The van der Waals surface area contributed by atoms with E-state index in [9.17, 15) is 14.4 Å². The van der Waals surface area contributed by atoms with Crippen molar-refractivity contribution in [3.05, 3.63) is 35.4 Å². The summed E-state index contributed by atoms with van der Waals surface area (Å²) >= 11 is 0. The molecule has 3 unspecified atom stereocenters. The zero-order valence-electron chi connectivity index (χ0n) is 25.4. The number of carbonyl (C=O) groups is 3. The minimum atomic E-state index is -0.930. The van der Waals surface area contributed by atoms with Gasteiger partial charge in [0.05, 0.1) is 0 Å². The van der Waals surface area contributed by atoms with Crippen LogP contribution in [0.1, 0.15) is 118 Å². The van der Waals surface area contributed by atoms with Crippen molar-refractivity contribution in [3.8, 4) is 12.3 Å². The smallest absolute Gasteiger partial charge is 0.408 e. The Kier molecular flexibility index (Phi) is 14.7. The Morgan fingerprint density at radius 1 is 1.00 bits per heavy atom. The summed E-state index contributed by atoms with van der Waals surface area (Å²) < 4.78 is 5.47. The molecule has 3 atom stereocenters. The van der Waals surface area contributed by atoms with Gasteiger partial charge >= 0.3 is 6.09 Å². The molecule has 1 rings (SSSR count). The van der Waals surface area contributed by atoms with Crippen LogP contribution in [0.15, 0.2) is 24.3 Å². The van der Waals surface area contributed by atoms with Crippen LogP contribution < -0.4 is 10.6 Å². The van der Waals surface area contributed by atoms with Crippen molar-refractivity contribution in [2.45, 2.75) is 124 Å². The van der Waals surface area contributed by atoms with E-state index >= 15 is 0 Å². The number of nitrogens with zero attached hydrogens (tertiary/aromatic N) is 1.